The van der Waals surface area contributed by atoms with Gasteiger partial charge in [0.1, 0.15) is 17.4 Å². The van der Waals surface area contributed by atoms with E-state index in [1.807, 2.05) is 0 Å². The van der Waals surface area contributed by atoms with Crippen LogP contribution in [-0.4, -0.2) is 74.2 Å². The Hall–Kier alpha value is -1.24. The Bertz CT molecular complexity index is 517. The Labute approximate surface area is 130 Å². The van der Waals surface area contributed by atoms with E-state index in [9.17, 15) is 8.78 Å². The molecule has 2 aliphatic heterocycles. The molecule has 4 nitrogen and oxygen atoms in total. The molecule has 1 atom stereocenters. The van der Waals surface area contributed by atoms with Crippen molar-refractivity contribution in [1.29, 1.82) is 0 Å². The smallest absolute Gasteiger partial charge is 0.134 e. The van der Waals surface area contributed by atoms with E-state index < -0.39 is 11.6 Å². The van der Waals surface area contributed by atoms with Gasteiger partial charge in [-0.25, -0.2) is 8.78 Å². The van der Waals surface area contributed by atoms with Gasteiger partial charge < -0.3 is 9.64 Å². The van der Waals surface area contributed by atoms with Crippen molar-refractivity contribution in [3.05, 3.63) is 29.3 Å². The number of halogens is 2. The molecule has 0 saturated carbocycles. The molecule has 2 saturated heterocycles. The number of benzene rings is 1. The van der Waals surface area contributed by atoms with E-state index in [0.717, 1.165) is 39.3 Å². The molecule has 22 heavy (non-hydrogen) atoms. The fourth-order valence-electron chi connectivity index (χ4n) is 3.39. The second kappa shape index (κ2) is 6.48. The maximum atomic E-state index is 14.1. The summed E-state index contributed by atoms with van der Waals surface area (Å²) >= 11 is 0. The molecule has 2 heterocycles. The van der Waals surface area contributed by atoms with Crippen molar-refractivity contribution in [2.24, 2.45) is 0 Å². The number of methoxy groups -OCH3 is 1. The first kappa shape index (κ1) is 15.6. The van der Waals surface area contributed by atoms with Gasteiger partial charge >= 0.3 is 0 Å². The zero-order valence-corrected chi connectivity index (χ0v) is 13.2. The average molecular weight is 311 g/mol. The number of rotatable bonds is 3. The summed E-state index contributed by atoms with van der Waals surface area (Å²) in [7, 11) is 3.53. The number of hydrogen-bond acceptors (Lipinski definition) is 4. The molecule has 1 unspecified atom stereocenters. The third-order valence-corrected chi connectivity index (χ3v) is 4.71. The first-order valence-corrected chi connectivity index (χ1v) is 7.73. The van der Waals surface area contributed by atoms with E-state index in [-0.39, 0.29) is 11.3 Å². The first-order chi connectivity index (χ1) is 10.6. The highest BCUT2D eigenvalue weighted by molar-refractivity contribution is 5.30. The molecule has 0 bridgehead atoms. The van der Waals surface area contributed by atoms with Crippen molar-refractivity contribution in [3.8, 4) is 5.75 Å². The molecule has 6 heteroatoms. The lowest BCUT2D eigenvalue weighted by atomic mass is 10.1. The van der Waals surface area contributed by atoms with E-state index >= 15 is 0 Å². The lowest BCUT2D eigenvalue weighted by Crippen LogP contribution is -2.61. The topological polar surface area (TPSA) is 19.0 Å². The highest BCUT2D eigenvalue weighted by Crippen LogP contribution is 2.23. The van der Waals surface area contributed by atoms with E-state index in [2.05, 4.69) is 21.7 Å². The summed E-state index contributed by atoms with van der Waals surface area (Å²) in [4.78, 5) is 6.95. The summed E-state index contributed by atoms with van der Waals surface area (Å²) in [6.45, 7) is 6.19. The van der Waals surface area contributed by atoms with Crippen LogP contribution in [0.5, 0.6) is 5.75 Å². The number of fused-ring (bicyclic) bond motifs is 1. The second-order valence-electron chi connectivity index (χ2n) is 6.26. The minimum absolute atomic E-state index is 0.137. The molecule has 122 valence electrons. The summed E-state index contributed by atoms with van der Waals surface area (Å²) in [6.07, 6.45) is 0. The zero-order valence-electron chi connectivity index (χ0n) is 13.2. The van der Waals surface area contributed by atoms with Crippen molar-refractivity contribution in [1.82, 2.24) is 14.7 Å². The van der Waals surface area contributed by atoms with Crippen molar-refractivity contribution < 1.29 is 13.5 Å². The van der Waals surface area contributed by atoms with Gasteiger partial charge in [-0.15, -0.1) is 0 Å². The van der Waals surface area contributed by atoms with Gasteiger partial charge in [-0.1, -0.05) is 0 Å². The molecule has 2 aliphatic rings. The summed E-state index contributed by atoms with van der Waals surface area (Å²) < 4.78 is 33.1. The molecular formula is C16H23F2N3O. The quantitative estimate of drug-likeness (QED) is 0.840. The minimum Gasteiger partial charge on any atom is -0.497 e. The van der Waals surface area contributed by atoms with Gasteiger partial charge in [-0.3, -0.25) is 9.80 Å². The van der Waals surface area contributed by atoms with Gasteiger partial charge in [-0.2, -0.15) is 0 Å². The lowest BCUT2D eigenvalue weighted by molar-refractivity contribution is 0.0168. The van der Waals surface area contributed by atoms with Crippen LogP contribution in [-0.2, 0) is 6.54 Å². The van der Waals surface area contributed by atoms with Crippen LogP contribution in [0.25, 0.3) is 0 Å². The van der Waals surface area contributed by atoms with Crippen molar-refractivity contribution in [3.63, 3.8) is 0 Å². The van der Waals surface area contributed by atoms with Crippen molar-refractivity contribution in [2.45, 2.75) is 12.6 Å². The van der Waals surface area contributed by atoms with Crippen LogP contribution in [0.2, 0.25) is 0 Å². The van der Waals surface area contributed by atoms with Gasteiger partial charge in [0.05, 0.1) is 7.11 Å². The SMILES string of the molecule is COc1cc(F)c(CN2CCN3CCN(C)CC3C2)c(F)c1. The molecule has 0 aromatic heterocycles. The van der Waals surface area contributed by atoms with Crippen LogP contribution < -0.4 is 4.74 Å². The molecule has 0 aliphatic carbocycles. The Balaban J connectivity index is 1.69. The van der Waals surface area contributed by atoms with E-state index in [1.54, 1.807) is 0 Å². The predicted octanol–water partition coefficient (Wildman–Crippen LogP) is 1.40. The fraction of sp³-hybridized carbons (Fsp3) is 0.625. The normalized spacial score (nSPS) is 24.3. The number of piperazine rings is 2. The van der Waals surface area contributed by atoms with Gasteiger partial charge in [0.25, 0.3) is 0 Å². The van der Waals surface area contributed by atoms with Gasteiger partial charge in [-0.05, 0) is 7.05 Å². The van der Waals surface area contributed by atoms with Crippen LogP contribution in [0.1, 0.15) is 5.56 Å². The maximum absolute atomic E-state index is 14.1. The molecular weight excluding hydrogens is 288 g/mol. The number of likely N-dealkylation sites (N-methyl/N-ethyl adjacent to an activating group) is 1. The fourth-order valence-corrected chi connectivity index (χ4v) is 3.39. The first-order valence-electron chi connectivity index (χ1n) is 7.73. The van der Waals surface area contributed by atoms with Gasteiger partial charge in [0, 0.05) is 69.6 Å². The highest BCUT2D eigenvalue weighted by atomic mass is 19.1. The molecule has 1 aromatic rings. The maximum Gasteiger partial charge on any atom is 0.134 e. The van der Waals surface area contributed by atoms with Crippen molar-refractivity contribution in [2.75, 3.05) is 53.4 Å². The molecule has 1 aromatic carbocycles. The molecule has 0 amide bonds. The monoisotopic (exact) mass is 311 g/mol. The number of nitrogens with zero attached hydrogens (tertiary/aromatic N) is 3. The van der Waals surface area contributed by atoms with Crippen LogP contribution in [0.3, 0.4) is 0 Å². The van der Waals surface area contributed by atoms with E-state index in [4.69, 9.17) is 4.74 Å². The molecule has 3 rings (SSSR count). The Morgan fingerprint density at radius 2 is 1.77 bits per heavy atom. The Morgan fingerprint density at radius 3 is 2.45 bits per heavy atom. The highest BCUT2D eigenvalue weighted by Gasteiger charge is 2.31. The minimum atomic E-state index is -0.528. The second-order valence-corrected chi connectivity index (χ2v) is 6.26. The molecule has 2 fully saturated rings. The standard InChI is InChI=1S/C16H23F2N3O/c1-19-3-5-21-6-4-20(10-12(21)9-19)11-14-15(17)7-13(22-2)8-16(14)18/h7-8,12H,3-6,9-11H2,1-2H3. The summed E-state index contributed by atoms with van der Waals surface area (Å²) in [5.74, 6) is -0.836. The molecule has 0 spiro atoms. The zero-order chi connectivity index (χ0) is 15.7. The van der Waals surface area contributed by atoms with E-state index in [1.165, 1.54) is 19.2 Å². The molecule has 0 radical (unpaired) electrons. The summed E-state index contributed by atoms with van der Waals surface area (Å²) in [5, 5.41) is 0. The van der Waals surface area contributed by atoms with Crippen molar-refractivity contribution >= 4 is 0 Å². The Morgan fingerprint density at radius 1 is 1.09 bits per heavy atom. The number of hydrogen-bond donors (Lipinski definition) is 0. The average Bonchev–Trinajstić information content (AvgIpc) is 2.50. The lowest BCUT2D eigenvalue weighted by Gasteiger charge is -2.46. The third kappa shape index (κ3) is 3.24. The van der Waals surface area contributed by atoms with Gasteiger partial charge in [0.2, 0.25) is 0 Å². The largest absolute Gasteiger partial charge is 0.497 e. The summed E-state index contributed by atoms with van der Waals surface area (Å²) in [6, 6.07) is 2.96. The number of ether oxygens (including phenoxy) is 1. The van der Waals surface area contributed by atoms with E-state index in [0.29, 0.717) is 12.6 Å². The third-order valence-electron chi connectivity index (χ3n) is 4.71. The Kier molecular flexibility index (Phi) is 4.61. The molecule has 0 N–H and O–H groups in total. The van der Waals surface area contributed by atoms with Crippen LogP contribution >= 0.6 is 0 Å². The predicted molar refractivity (Wildman–Crippen MR) is 81.0 cm³/mol. The van der Waals surface area contributed by atoms with Gasteiger partial charge in [0.15, 0.2) is 0 Å². The van der Waals surface area contributed by atoms with Crippen LogP contribution in [0.4, 0.5) is 8.78 Å². The van der Waals surface area contributed by atoms with Crippen LogP contribution in [0.15, 0.2) is 12.1 Å². The van der Waals surface area contributed by atoms with Crippen LogP contribution in [0, 0.1) is 11.6 Å². The summed E-state index contributed by atoms with van der Waals surface area (Å²) in [5.41, 5.74) is 0.137.